The molecule has 0 saturated carbocycles. The Balaban J connectivity index is 1.52. The van der Waals surface area contributed by atoms with Crippen molar-refractivity contribution in [3.63, 3.8) is 0 Å². The van der Waals surface area contributed by atoms with E-state index in [1.54, 1.807) is 11.3 Å². The lowest BCUT2D eigenvalue weighted by molar-refractivity contribution is 0.102. The molecule has 3 nitrogen and oxygen atoms in total. The number of hydrogen-bond acceptors (Lipinski definition) is 3. The van der Waals surface area contributed by atoms with Gasteiger partial charge in [-0.05, 0) is 43.2 Å². The second-order valence-electron chi connectivity index (χ2n) is 6.70. The molecule has 0 fully saturated rings. The molecule has 1 aromatic heterocycles. The number of carbonyl (C=O) groups is 1. The van der Waals surface area contributed by atoms with Crippen molar-refractivity contribution < 1.29 is 4.79 Å². The first-order valence-corrected chi connectivity index (χ1v) is 9.99. The van der Waals surface area contributed by atoms with Gasteiger partial charge in [-0.15, -0.1) is 11.3 Å². The van der Waals surface area contributed by atoms with Crippen LogP contribution in [0.5, 0.6) is 0 Å². The molecule has 1 amide bonds. The van der Waals surface area contributed by atoms with E-state index in [2.05, 4.69) is 29.8 Å². The minimum absolute atomic E-state index is 0.0960. The van der Waals surface area contributed by atoms with E-state index >= 15 is 0 Å². The number of benzene rings is 3. The first-order valence-electron chi connectivity index (χ1n) is 9.11. The van der Waals surface area contributed by atoms with Crippen LogP contribution in [0.4, 0.5) is 5.69 Å². The van der Waals surface area contributed by atoms with Gasteiger partial charge in [0.25, 0.3) is 5.91 Å². The van der Waals surface area contributed by atoms with Crippen LogP contribution in [0.2, 0.25) is 0 Å². The molecule has 0 atom stereocenters. The van der Waals surface area contributed by atoms with E-state index in [-0.39, 0.29) is 5.91 Å². The maximum Gasteiger partial charge on any atom is 0.255 e. The summed E-state index contributed by atoms with van der Waals surface area (Å²) in [4.78, 5) is 17.3. The number of aromatic nitrogens is 1. The van der Waals surface area contributed by atoms with Crippen LogP contribution in [-0.4, -0.2) is 10.9 Å². The molecular weight excluding hydrogens is 364 g/mol. The van der Waals surface area contributed by atoms with Gasteiger partial charge in [0.05, 0.1) is 5.69 Å². The zero-order valence-electron chi connectivity index (χ0n) is 15.8. The SMILES string of the molecule is Cc1ccccc1C(=O)Nc1ccc(-c2csc(-c3ccccc3C)n2)cc1. The van der Waals surface area contributed by atoms with Gasteiger partial charge in [0.15, 0.2) is 0 Å². The number of thiazole rings is 1. The number of rotatable bonds is 4. The second-order valence-corrected chi connectivity index (χ2v) is 7.56. The molecule has 1 N–H and O–H groups in total. The molecule has 4 rings (SSSR count). The number of nitrogens with one attached hydrogen (secondary N) is 1. The van der Waals surface area contributed by atoms with Crippen molar-refractivity contribution >= 4 is 22.9 Å². The van der Waals surface area contributed by atoms with E-state index in [1.807, 2.05) is 67.6 Å². The Morgan fingerprint density at radius 1 is 0.857 bits per heavy atom. The van der Waals surface area contributed by atoms with E-state index in [4.69, 9.17) is 4.98 Å². The van der Waals surface area contributed by atoms with Crippen LogP contribution in [0.1, 0.15) is 21.5 Å². The highest BCUT2D eigenvalue weighted by atomic mass is 32.1. The Morgan fingerprint density at radius 3 is 2.25 bits per heavy atom. The van der Waals surface area contributed by atoms with Gasteiger partial charge in [0.2, 0.25) is 0 Å². The summed E-state index contributed by atoms with van der Waals surface area (Å²) in [5.41, 5.74) is 6.78. The Kier molecular flexibility index (Phi) is 5.04. The van der Waals surface area contributed by atoms with Crippen LogP contribution in [0.25, 0.3) is 21.8 Å². The smallest absolute Gasteiger partial charge is 0.255 e. The van der Waals surface area contributed by atoms with Gasteiger partial charge in [-0.2, -0.15) is 0 Å². The van der Waals surface area contributed by atoms with Gasteiger partial charge < -0.3 is 5.32 Å². The Bertz CT molecular complexity index is 1130. The summed E-state index contributed by atoms with van der Waals surface area (Å²) < 4.78 is 0. The quantitative estimate of drug-likeness (QED) is 0.446. The van der Waals surface area contributed by atoms with Gasteiger partial charge in [-0.25, -0.2) is 4.98 Å². The summed E-state index contributed by atoms with van der Waals surface area (Å²) in [7, 11) is 0. The Labute approximate surface area is 168 Å². The van der Waals surface area contributed by atoms with Crippen molar-refractivity contribution in [3.8, 4) is 21.8 Å². The topological polar surface area (TPSA) is 42.0 Å². The van der Waals surface area contributed by atoms with Crippen molar-refractivity contribution in [2.45, 2.75) is 13.8 Å². The van der Waals surface area contributed by atoms with Gasteiger partial charge in [-0.3, -0.25) is 4.79 Å². The highest BCUT2D eigenvalue weighted by Gasteiger charge is 2.10. The lowest BCUT2D eigenvalue weighted by atomic mass is 10.1. The summed E-state index contributed by atoms with van der Waals surface area (Å²) in [5.74, 6) is -0.0960. The van der Waals surface area contributed by atoms with Crippen LogP contribution in [0, 0.1) is 13.8 Å². The third-order valence-electron chi connectivity index (χ3n) is 4.71. The molecule has 4 heteroatoms. The summed E-state index contributed by atoms with van der Waals surface area (Å²) in [6.07, 6.45) is 0. The van der Waals surface area contributed by atoms with Crippen molar-refractivity contribution in [1.29, 1.82) is 0 Å². The molecule has 0 aliphatic heterocycles. The minimum atomic E-state index is -0.0960. The number of amides is 1. The molecule has 138 valence electrons. The van der Waals surface area contributed by atoms with Gasteiger partial charge in [0, 0.05) is 27.8 Å². The zero-order valence-corrected chi connectivity index (χ0v) is 16.6. The van der Waals surface area contributed by atoms with Crippen LogP contribution in [-0.2, 0) is 0 Å². The highest BCUT2D eigenvalue weighted by Crippen LogP contribution is 2.31. The molecule has 4 aromatic rings. The third-order valence-corrected chi connectivity index (χ3v) is 5.58. The summed E-state index contributed by atoms with van der Waals surface area (Å²) in [5, 5.41) is 6.05. The molecule has 1 heterocycles. The van der Waals surface area contributed by atoms with E-state index in [0.717, 1.165) is 27.5 Å². The van der Waals surface area contributed by atoms with Crippen LogP contribution in [0.15, 0.2) is 78.2 Å². The molecule has 0 radical (unpaired) electrons. The molecule has 0 unspecified atom stereocenters. The summed E-state index contributed by atoms with van der Waals surface area (Å²) in [6, 6.07) is 23.7. The first kappa shape index (κ1) is 18.1. The lowest BCUT2D eigenvalue weighted by Crippen LogP contribution is -2.13. The molecule has 28 heavy (non-hydrogen) atoms. The van der Waals surface area contributed by atoms with E-state index in [1.165, 1.54) is 11.1 Å². The normalized spacial score (nSPS) is 10.6. The minimum Gasteiger partial charge on any atom is -0.322 e. The largest absolute Gasteiger partial charge is 0.322 e. The number of nitrogens with zero attached hydrogens (tertiary/aromatic N) is 1. The third kappa shape index (κ3) is 3.73. The fourth-order valence-electron chi connectivity index (χ4n) is 3.09. The number of carbonyl (C=O) groups excluding carboxylic acids is 1. The van der Waals surface area contributed by atoms with E-state index in [9.17, 15) is 4.79 Å². The lowest BCUT2D eigenvalue weighted by Gasteiger charge is -2.08. The molecule has 0 bridgehead atoms. The average molecular weight is 385 g/mol. The summed E-state index contributed by atoms with van der Waals surface area (Å²) >= 11 is 1.64. The maximum atomic E-state index is 12.5. The molecule has 0 spiro atoms. The molecule has 3 aromatic carbocycles. The predicted molar refractivity (Wildman–Crippen MR) is 117 cm³/mol. The monoisotopic (exact) mass is 384 g/mol. The second kappa shape index (κ2) is 7.79. The molecule has 0 aliphatic carbocycles. The molecular formula is C24H20N2OS. The van der Waals surface area contributed by atoms with Gasteiger partial charge >= 0.3 is 0 Å². The molecule has 0 aliphatic rings. The predicted octanol–water partition coefficient (Wildman–Crippen LogP) is 6.35. The Hall–Kier alpha value is -3.24. The van der Waals surface area contributed by atoms with Crippen molar-refractivity contribution in [3.05, 3.63) is 94.9 Å². The first-order chi connectivity index (χ1) is 13.6. The standard InChI is InChI=1S/C24H20N2OS/c1-16-7-3-5-9-20(16)23(27)25-19-13-11-18(12-14-19)22-15-28-24(26-22)21-10-6-4-8-17(21)2/h3-15H,1-2H3,(H,25,27). The van der Waals surface area contributed by atoms with Gasteiger partial charge in [0.1, 0.15) is 5.01 Å². The average Bonchev–Trinajstić information content (AvgIpc) is 3.19. The van der Waals surface area contributed by atoms with Crippen LogP contribution in [0.3, 0.4) is 0 Å². The fraction of sp³-hybridized carbons (Fsp3) is 0.0833. The highest BCUT2D eigenvalue weighted by molar-refractivity contribution is 7.13. The van der Waals surface area contributed by atoms with E-state index in [0.29, 0.717) is 5.56 Å². The van der Waals surface area contributed by atoms with Crippen molar-refractivity contribution in [2.24, 2.45) is 0 Å². The van der Waals surface area contributed by atoms with Crippen molar-refractivity contribution in [1.82, 2.24) is 4.98 Å². The summed E-state index contributed by atoms with van der Waals surface area (Å²) in [6.45, 7) is 4.04. The Morgan fingerprint density at radius 2 is 1.54 bits per heavy atom. The number of aryl methyl sites for hydroxylation is 2. The zero-order chi connectivity index (χ0) is 19.5. The van der Waals surface area contributed by atoms with Crippen LogP contribution < -0.4 is 5.32 Å². The van der Waals surface area contributed by atoms with Gasteiger partial charge in [-0.1, -0.05) is 54.6 Å². The molecule has 0 saturated heterocycles. The van der Waals surface area contributed by atoms with Crippen molar-refractivity contribution in [2.75, 3.05) is 5.32 Å². The number of anilines is 1. The maximum absolute atomic E-state index is 12.5. The van der Waals surface area contributed by atoms with E-state index < -0.39 is 0 Å². The number of hydrogen-bond donors (Lipinski definition) is 1. The fourth-order valence-corrected chi connectivity index (χ4v) is 4.01. The van der Waals surface area contributed by atoms with Crippen LogP contribution >= 0.6 is 11.3 Å².